The van der Waals surface area contributed by atoms with E-state index in [0.717, 1.165) is 22.5 Å². The molecule has 0 aliphatic rings. The highest BCUT2D eigenvalue weighted by Gasteiger charge is 2.21. The Hall–Kier alpha value is -2.80. The van der Waals surface area contributed by atoms with Gasteiger partial charge in [-0.25, -0.2) is 0 Å². The van der Waals surface area contributed by atoms with Gasteiger partial charge in [-0.2, -0.15) is 0 Å². The molecule has 1 heterocycles. The van der Waals surface area contributed by atoms with E-state index in [-0.39, 0.29) is 11.2 Å². The van der Waals surface area contributed by atoms with Crippen molar-refractivity contribution in [1.82, 2.24) is 14.8 Å². The van der Waals surface area contributed by atoms with Gasteiger partial charge < -0.3 is 14.6 Å². The number of aryl methyl sites for hydroxylation is 2. The summed E-state index contributed by atoms with van der Waals surface area (Å²) < 4.78 is 7.25. The molecule has 1 atom stereocenters. The van der Waals surface area contributed by atoms with Gasteiger partial charge in [0.2, 0.25) is 5.91 Å². The number of rotatable bonds is 6. The van der Waals surface area contributed by atoms with Crippen molar-refractivity contribution in [3.8, 4) is 17.1 Å². The summed E-state index contributed by atoms with van der Waals surface area (Å²) >= 11 is 1.37. The lowest BCUT2D eigenvalue weighted by Gasteiger charge is -2.14. The molecule has 3 rings (SSSR count). The van der Waals surface area contributed by atoms with E-state index in [0.29, 0.717) is 16.6 Å². The van der Waals surface area contributed by atoms with E-state index in [9.17, 15) is 4.79 Å². The van der Waals surface area contributed by atoms with Crippen molar-refractivity contribution in [2.24, 2.45) is 7.05 Å². The molecule has 1 amide bonds. The van der Waals surface area contributed by atoms with Crippen LogP contribution in [0.1, 0.15) is 18.1 Å². The quantitative estimate of drug-likeness (QED) is 0.632. The maximum atomic E-state index is 12.7. The van der Waals surface area contributed by atoms with E-state index in [1.54, 1.807) is 7.11 Å². The Bertz CT molecular complexity index is 1000. The van der Waals surface area contributed by atoms with E-state index in [1.165, 1.54) is 11.8 Å². The molecule has 3 aromatic rings. The van der Waals surface area contributed by atoms with Gasteiger partial charge in [0.05, 0.1) is 18.0 Å². The minimum absolute atomic E-state index is 0.116. The number of anilines is 1. The van der Waals surface area contributed by atoms with Crippen molar-refractivity contribution in [1.29, 1.82) is 0 Å². The molecule has 0 radical (unpaired) electrons. The molecule has 0 spiro atoms. The van der Waals surface area contributed by atoms with Crippen molar-refractivity contribution in [2.75, 3.05) is 12.4 Å². The number of aromatic nitrogens is 3. The molecule has 0 unspecified atom stereocenters. The molecule has 0 aliphatic heterocycles. The van der Waals surface area contributed by atoms with Crippen LogP contribution in [-0.4, -0.2) is 33.0 Å². The van der Waals surface area contributed by atoms with Crippen LogP contribution in [0.3, 0.4) is 0 Å². The van der Waals surface area contributed by atoms with Crippen LogP contribution < -0.4 is 10.1 Å². The molecule has 1 N–H and O–H groups in total. The number of carbonyl (C=O) groups is 1. The van der Waals surface area contributed by atoms with Gasteiger partial charge in [0.25, 0.3) is 0 Å². The first-order valence-electron chi connectivity index (χ1n) is 8.98. The van der Waals surface area contributed by atoms with Gasteiger partial charge in [0, 0.05) is 12.6 Å². The largest absolute Gasteiger partial charge is 0.495 e. The first-order valence-corrected chi connectivity index (χ1v) is 9.86. The zero-order chi connectivity index (χ0) is 20.3. The van der Waals surface area contributed by atoms with Gasteiger partial charge in [-0.05, 0) is 44.0 Å². The van der Waals surface area contributed by atoms with Crippen molar-refractivity contribution in [3.05, 3.63) is 53.6 Å². The molecule has 2 aromatic carbocycles. The molecule has 1 aromatic heterocycles. The molecule has 0 fully saturated rings. The third-order valence-corrected chi connectivity index (χ3v) is 5.62. The minimum atomic E-state index is -0.349. The van der Waals surface area contributed by atoms with E-state index in [4.69, 9.17) is 4.74 Å². The van der Waals surface area contributed by atoms with Crippen LogP contribution >= 0.6 is 11.8 Å². The van der Waals surface area contributed by atoms with Crippen LogP contribution in [0.4, 0.5) is 5.69 Å². The Labute approximate surface area is 169 Å². The first kappa shape index (κ1) is 19.9. The van der Waals surface area contributed by atoms with E-state index in [2.05, 4.69) is 15.5 Å². The normalized spacial score (nSPS) is 11.9. The number of amides is 1. The van der Waals surface area contributed by atoms with Gasteiger partial charge in [-0.15, -0.1) is 10.2 Å². The number of nitrogens with one attached hydrogen (secondary N) is 1. The molecule has 0 bridgehead atoms. The third-order valence-electron chi connectivity index (χ3n) is 4.49. The lowest BCUT2D eigenvalue weighted by molar-refractivity contribution is -0.115. The number of nitrogens with zero attached hydrogens (tertiary/aromatic N) is 3. The summed E-state index contributed by atoms with van der Waals surface area (Å²) in [5, 5.41) is 11.9. The van der Waals surface area contributed by atoms with Gasteiger partial charge in [-0.1, -0.05) is 42.1 Å². The van der Waals surface area contributed by atoms with Crippen molar-refractivity contribution in [2.45, 2.75) is 31.2 Å². The molecule has 0 aliphatic carbocycles. The van der Waals surface area contributed by atoms with Crippen LogP contribution in [0.5, 0.6) is 5.75 Å². The molecule has 0 saturated carbocycles. The number of thioether (sulfide) groups is 1. The summed E-state index contributed by atoms with van der Waals surface area (Å²) in [7, 11) is 3.50. The Morgan fingerprint density at radius 1 is 1.18 bits per heavy atom. The summed E-state index contributed by atoms with van der Waals surface area (Å²) in [6.07, 6.45) is 0. The summed E-state index contributed by atoms with van der Waals surface area (Å²) in [5.74, 6) is 1.31. The van der Waals surface area contributed by atoms with E-state index < -0.39 is 0 Å². The second-order valence-electron chi connectivity index (χ2n) is 6.63. The van der Waals surface area contributed by atoms with Gasteiger partial charge >= 0.3 is 0 Å². The average molecular weight is 397 g/mol. The Kier molecular flexibility index (Phi) is 6.04. The van der Waals surface area contributed by atoms with Crippen LogP contribution in [0.25, 0.3) is 11.4 Å². The van der Waals surface area contributed by atoms with Crippen LogP contribution in [0.15, 0.2) is 47.6 Å². The predicted molar refractivity (Wildman–Crippen MR) is 113 cm³/mol. The fraction of sp³-hybridized carbons (Fsp3) is 0.286. The molecule has 7 heteroatoms. The topological polar surface area (TPSA) is 69.0 Å². The molecule has 6 nitrogen and oxygen atoms in total. The zero-order valence-corrected chi connectivity index (χ0v) is 17.5. The summed E-state index contributed by atoms with van der Waals surface area (Å²) in [6.45, 7) is 5.87. The van der Waals surface area contributed by atoms with Crippen LogP contribution in [-0.2, 0) is 11.8 Å². The lowest BCUT2D eigenvalue weighted by atomic mass is 10.1. The van der Waals surface area contributed by atoms with Crippen LogP contribution in [0.2, 0.25) is 0 Å². The molecule has 146 valence electrons. The van der Waals surface area contributed by atoms with Crippen molar-refractivity contribution >= 4 is 23.4 Å². The highest BCUT2D eigenvalue weighted by molar-refractivity contribution is 8.00. The number of hydrogen-bond donors (Lipinski definition) is 1. The predicted octanol–water partition coefficient (Wildman–Crippen LogP) is 4.23. The summed E-state index contributed by atoms with van der Waals surface area (Å²) in [5.41, 5.74) is 3.88. The monoisotopic (exact) mass is 396 g/mol. The van der Waals surface area contributed by atoms with Gasteiger partial charge in [-0.3, -0.25) is 4.79 Å². The Balaban J connectivity index is 1.75. The number of benzene rings is 2. The second kappa shape index (κ2) is 8.48. The number of hydrogen-bond acceptors (Lipinski definition) is 5. The molecule has 0 saturated heterocycles. The standard InChI is InChI=1S/C21H24N4O2S/c1-13-10-11-18(27-5)17(12-13)22-20(26)15(3)28-21-24-23-19(25(21)4)16-9-7-6-8-14(16)2/h6-12,15H,1-5H3,(H,22,26)/t15-/m1/s1. The lowest BCUT2D eigenvalue weighted by Crippen LogP contribution is -2.23. The zero-order valence-electron chi connectivity index (χ0n) is 16.7. The average Bonchev–Trinajstić information content (AvgIpc) is 3.02. The number of carbonyl (C=O) groups excluding carboxylic acids is 1. The highest BCUT2D eigenvalue weighted by Crippen LogP contribution is 2.29. The Morgan fingerprint density at radius 2 is 1.93 bits per heavy atom. The Morgan fingerprint density at radius 3 is 2.64 bits per heavy atom. The summed E-state index contributed by atoms with van der Waals surface area (Å²) in [4.78, 5) is 12.7. The van der Waals surface area contributed by atoms with E-state index in [1.807, 2.05) is 74.9 Å². The molecular weight excluding hydrogens is 372 g/mol. The van der Waals surface area contributed by atoms with Gasteiger partial charge in [0.1, 0.15) is 5.75 Å². The van der Waals surface area contributed by atoms with Gasteiger partial charge in [0.15, 0.2) is 11.0 Å². The van der Waals surface area contributed by atoms with E-state index >= 15 is 0 Å². The number of ether oxygens (including phenoxy) is 1. The maximum absolute atomic E-state index is 12.7. The summed E-state index contributed by atoms with van der Waals surface area (Å²) in [6, 6.07) is 13.7. The fourth-order valence-electron chi connectivity index (χ4n) is 2.84. The maximum Gasteiger partial charge on any atom is 0.237 e. The third kappa shape index (κ3) is 4.20. The van der Waals surface area contributed by atoms with Crippen LogP contribution in [0, 0.1) is 13.8 Å². The minimum Gasteiger partial charge on any atom is -0.495 e. The van der Waals surface area contributed by atoms with Crippen molar-refractivity contribution < 1.29 is 9.53 Å². The smallest absolute Gasteiger partial charge is 0.237 e. The molecule has 28 heavy (non-hydrogen) atoms. The number of methoxy groups -OCH3 is 1. The van der Waals surface area contributed by atoms with Crippen molar-refractivity contribution in [3.63, 3.8) is 0 Å². The first-order chi connectivity index (χ1) is 13.4. The SMILES string of the molecule is COc1ccc(C)cc1NC(=O)[C@@H](C)Sc1nnc(-c2ccccc2C)n1C. The molecular formula is C21H24N4O2S. The highest BCUT2D eigenvalue weighted by atomic mass is 32.2. The fourth-order valence-corrected chi connectivity index (χ4v) is 3.66. The second-order valence-corrected chi connectivity index (χ2v) is 7.94.